The fraction of sp³-hybridized carbons (Fsp3) is 0.611. The lowest BCUT2D eigenvalue weighted by atomic mass is 10.2. The largest absolute Gasteiger partial charge is 0.465 e. The molecule has 1 rings (SSSR count). The van der Waals surface area contributed by atoms with Gasteiger partial charge < -0.3 is 18.5 Å². The standard InChI is InChI=1S/C18H29O6P/c1-4-22-18(19)17(25(20,23-5-2)24-6-3)13-10-14-21-15-16-11-8-7-9-12-16/h7-9,11-12,17H,4-6,10,13-15H2,1-3H3/t17-/m1/s1. The van der Waals surface area contributed by atoms with E-state index in [1.165, 1.54) is 0 Å². The molecule has 0 amide bonds. The molecule has 0 heterocycles. The molecule has 0 spiro atoms. The van der Waals surface area contributed by atoms with E-state index in [1.807, 2.05) is 30.3 Å². The van der Waals surface area contributed by atoms with Crippen molar-refractivity contribution in [3.8, 4) is 0 Å². The molecule has 0 saturated carbocycles. The summed E-state index contributed by atoms with van der Waals surface area (Å²) in [5.74, 6) is -0.546. The van der Waals surface area contributed by atoms with Crippen molar-refractivity contribution in [3.63, 3.8) is 0 Å². The quantitative estimate of drug-likeness (QED) is 0.294. The summed E-state index contributed by atoms with van der Waals surface area (Å²) in [5.41, 5.74) is 0.159. The van der Waals surface area contributed by atoms with Crippen LogP contribution in [0.15, 0.2) is 30.3 Å². The highest BCUT2D eigenvalue weighted by molar-refractivity contribution is 7.55. The number of esters is 1. The predicted molar refractivity (Wildman–Crippen MR) is 96.6 cm³/mol. The van der Waals surface area contributed by atoms with Crippen LogP contribution in [0.2, 0.25) is 0 Å². The molecule has 0 aliphatic heterocycles. The van der Waals surface area contributed by atoms with Gasteiger partial charge in [-0.25, -0.2) is 0 Å². The van der Waals surface area contributed by atoms with Gasteiger partial charge in [-0.1, -0.05) is 30.3 Å². The normalized spacial score (nSPS) is 12.8. The van der Waals surface area contributed by atoms with Crippen molar-refractivity contribution in [2.75, 3.05) is 26.4 Å². The van der Waals surface area contributed by atoms with E-state index in [2.05, 4.69) is 0 Å². The highest BCUT2D eigenvalue weighted by Crippen LogP contribution is 2.54. The summed E-state index contributed by atoms with van der Waals surface area (Å²) in [6, 6.07) is 9.83. The number of rotatable bonds is 13. The van der Waals surface area contributed by atoms with Crippen LogP contribution < -0.4 is 0 Å². The van der Waals surface area contributed by atoms with Crippen LogP contribution in [-0.2, 0) is 34.5 Å². The Labute approximate surface area is 150 Å². The summed E-state index contributed by atoms with van der Waals surface area (Å²) in [6.45, 7) is 6.73. The summed E-state index contributed by atoms with van der Waals surface area (Å²) in [6.07, 6.45) is 0.880. The lowest BCUT2D eigenvalue weighted by Crippen LogP contribution is -2.26. The predicted octanol–water partition coefficient (Wildman–Crippen LogP) is 4.18. The van der Waals surface area contributed by atoms with E-state index in [1.54, 1.807) is 20.8 Å². The third kappa shape index (κ3) is 7.70. The van der Waals surface area contributed by atoms with E-state index in [4.69, 9.17) is 18.5 Å². The molecule has 0 unspecified atom stereocenters. The minimum absolute atomic E-state index is 0.206. The van der Waals surface area contributed by atoms with E-state index in [0.29, 0.717) is 26.1 Å². The second kappa shape index (κ2) is 12.2. The Morgan fingerprint density at radius 2 is 1.68 bits per heavy atom. The zero-order valence-electron chi connectivity index (χ0n) is 15.3. The minimum Gasteiger partial charge on any atom is -0.465 e. The van der Waals surface area contributed by atoms with E-state index >= 15 is 0 Å². The van der Waals surface area contributed by atoms with Crippen molar-refractivity contribution in [1.29, 1.82) is 0 Å². The van der Waals surface area contributed by atoms with Gasteiger partial charge in [0.05, 0.1) is 26.4 Å². The molecule has 7 heteroatoms. The van der Waals surface area contributed by atoms with Gasteiger partial charge in [-0.3, -0.25) is 9.36 Å². The van der Waals surface area contributed by atoms with Crippen molar-refractivity contribution >= 4 is 13.6 Å². The number of carbonyl (C=O) groups is 1. The first kappa shape index (κ1) is 21.8. The SMILES string of the molecule is CCOC(=O)[C@@H](CCCOCc1ccccc1)P(=O)(OCC)OCC. The number of benzene rings is 1. The Kier molecular flexibility index (Phi) is 10.7. The molecule has 1 atom stereocenters. The molecular formula is C18H29O6P. The van der Waals surface area contributed by atoms with Crippen molar-refractivity contribution in [1.82, 2.24) is 0 Å². The Bertz CT molecular complexity index is 524. The summed E-state index contributed by atoms with van der Waals surface area (Å²) >= 11 is 0. The Morgan fingerprint density at radius 1 is 1.04 bits per heavy atom. The topological polar surface area (TPSA) is 71.1 Å². The number of hydrogen-bond acceptors (Lipinski definition) is 6. The van der Waals surface area contributed by atoms with Gasteiger partial charge in [0.15, 0.2) is 5.66 Å². The first-order valence-corrected chi connectivity index (χ1v) is 10.4. The molecule has 0 aromatic heterocycles. The summed E-state index contributed by atoms with van der Waals surface area (Å²) < 4.78 is 34.2. The molecule has 0 N–H and O–H groups in total. The zero-order valence-corrected chi connectivity index (χ0v) is 16.2. The van der Waals surface area contributed by atoms with Crippen LogP contribution >= 0.6 is 7.60 Å². The molecule has 6 nitrogen and oxygen atoms in total. The molecule has 1 aromatic carbocycles. The van der Waals surface area contributed by atoms with Crippen LogP contribution in [0.3, 0.4) is 0 Å². The summed E-state index contributed by atoms with van der Waals surface area (Å²) in [7, 11) is -3.55. The van der Waals surface area contributed by atoms with Crippen LogP contribution in [0.25, 0.3) is 0 Å². The lowest BCUT2D eigenvalue weighted by Gasteiger charge is -2.24. The fourth-order valence-electron chi connectivity index (χ4n) is 2.36. The minimum atomic E-state index is -3.55. The molecule has 25 heavy (non-hydrogen) atoms. The number of carbonyl (C=O) groups excluding carboxylic acids is 1. The van der Waals surface area contributed by atoms with Gasteiger partial charge >= 0.3 is 13.6 Å². The summed E-state index contributed by atoms with van der Waals surface area (Å²) in [4.78, 5) is 12.2. The second-order valence-electron chi connectivity index (χ2n) is 5.32. The van der Waals surface area contributed by atoms with Crippen molar-refractivity contribution in [2.45, 2.75) is 45.9 Å². The monoisotopic (exact) mass is 372 g/mol. The van der Waals surface area contributed by atoms with Crippen LogP contribution in [0.1, 0.15) is 39.2 Å². The van der Waals surface area contributed by atoms with Crippen molar-refractivity contribution in [2.24, 2.45) is 0 Å². The van der Waals surface area contributed by atoms with Gasteiger partial charge in [-0.2, -0.15) is 0 Å². The van der Waals surface area contributed by atoms with Gasteiger partial charge in [0, 0.05) is 6.61 Å². The molecule has 0 saturated heterocycles. The average molecular weight is 372 g/mol. The van der Waals surface area contributed by atoms with Crippen LogP contribution in [0, 0.1) is 0 Å². The Hall–Kier alpha value is -1.20. The first-order valence-electron chi connectivity index (χ1n) is 8.74. The van der Waals surface area contributed by atoms with Crippen molar-refractivity contribution in [3.05, 3.63) is 35.9 Å². The number of hydrogen-bond donors (Lipinski definition) is 0. The highest BCUT2D eigenvalue weighted by Gasteiger charge is 2.41. The number of ether oxygens (including phenoxy) is 2. The highest BCUT2D eigenvalue weighted by atomic mass is 31.2. The molecule has 0 radical (unpaired) electrons. The smallest absolute Gasteiger partial charge is 0.344 e. The lowest BCUT2D eigenvalue weighted by molar-refractivity contribution is -0.143. The molecule has 0 bridgehead atoms. The van der Waals surface area contributed by atoms with Gasteiger partial charge in [0.2, 0.25) is 0 Å². The first-order chi connectivity index (χ1) is 12.1. The van der Waals surface area contributed by atoms with E-state index < -0.39 is 19.2 Å². The van der Waals surface area contributed by atoms with Crippen LogP contribution in [-0.4, -0.2) is 38.1 Å². The van der Waals surface area contributed by atoms with E-state index in [0.717, 1.165) is 5.56 Å². The molecule has 0 aliphatic rings. The zero-order chi connectivity index (χ0) is 18.5. The maximum absolute atomic E-state index is 12.9. The van der Waals surface area contributed by atoms with Gasteiger partial charge in [-0.05, 0) is 39.2 Å². The molecule has 1 aromatic rings. The molecule has 0 fully saturated rings. The van der Waals surface area contributed by atoms with E-state index in [9.17, 15) is 9.36 Å². The third-order valence-corrected chi connectivity index (χ3v) is 5.90. The van der Waals surface area contributed by atoms with Crippen LogP contribution in [0.4, 0.5) is 0 Å². The maximum atomic E-state index is 12.9. The molecule has 0 aliphatic carbocycles. The summed E-state index contributed by atoms with van der Waals surface area (Å²) in [5, 5.41) is 0. The van der Waals surface area contributed by atoms with Gasteiger partial charge in [-0.15, -0.1) is 0 Å². The van der Waals surface area contributed by atoms with Gasteiger partial charge in [0.25, 0.3) is 0 Å². The molecular weight excluding hydrogens is 343 g/mol. The van der Waals surface area contributed by atoms with Gasteiger partial charge in [0.1, 0.15) is 0 Å². The Balaban J connectivity index is 2.58. The fourth-order valence-corrected chi connectivity index (χ4v) is 4.35. The second-order valence-corrected chi connectivity index (χ2v) is 7.54. The molecule has 142 valence electrons. The Morgan fingerprint density at radius 3 is 2.24 bits per heavy atom. The third-order valence-electron chi connectivity index (χ3n) is 3.44. The van der Waals surface area contributed by atoms with E-state index in [-0.39, 0.29) is 19.8 Å². The van der Waals surface area contributed by atoms with Crippen molar-refractivity contribution < 1.29 is 27.9 Å². The average Bonchev–Trinajstić information content (AvgIpc) is 2.59. The maximum Gasteiger partial charge on any atom is 0.344 e. The van der Waals surface area contributed by atoms with Crippen LogP contribution in [0.5, 0.6) is 0 Å².